The maximum Gasteiger partial charge on any atom is 0.291 e. The molecule has 22 heteroatoms. The van der Waals surface area contributed by atoms with E-state index in [-0.39, 0.29) is 42.2 Å². The fourth-order valence-corrected chi connectivity index (χ4v) is 4.15. The number of anilines is 4. The Morgan fingerprint density at radius 3 is 1.98 bits per heavy atom. The van der Waals surface area contributed by atoms with Crippen molar-refractivity contribution in [1.29, 1.82) is 0 Å². The summed E-state index contributed by atoms with van der Waals surface area (Å²) in [7, 11) is 8.76. The number of imidazole rings is 3. The number of carbonyl (C=O) groups is 7. The zero-order chi connectivity index (χ0) is 46.2. The maximum atomic E-state index is 12.2. The van der Waals surface area contributed by atoms with Gasteiger partial charge in [-0.15, -0.1) is 0 Å². The third-order valence-corrected chi connectivity index (χ3v) is 7.33. The van der Waals surface area contributed by atoms with Gasteiger partial charge in [-0.3, -0.25) is 28.8 Å². The number of nitrogens with one attached hydrogen (secondary N) is 8. The fraction of sp³-hybridized carbons (Fsp3) is 0.385. The smallest absolute Gasteiger partial charge is 0.291 e. The molecule has 5 heterocycles. The summed E-state index contributed by atoms with van der Waals surface area (Å²) in [5.74, 6) is 1.64. The molecule has 0 radical (unpaired) electrons. The first kappa shape index (κ1) is 53.6. The molecule has 8 N–H and O–H groups in total. The number of amides is 5. The summed E-state index contributed by atoms with van der Waals surface area (Å²) in [5, 5.41) is 15.7. The fourth-order valence-electron chi connectivity index (χ4n) is 4.15. The van der Waals surface area contributed by atoms with Crippen LogP contribution in [0.15, 0.2) is 49.3 Å². The van der Waals surface area contributed by atoms with Crippen LogP contribution in [0.1, 0.15) is 76.9 Å². The van der Waals surface area contributed by atoms with E-state index in [0.717, 1.165) is 36.4 Å². The molecule has 334 valence electrons. The van der Waals surface area contributed by atoms with E-state index in [0.29, 0.717) is 48.9 Å². The average Bonchev–Trinajstić information content (AvgIpc) is 4.11. The van der Waals surface area contributed by atoms with Gasteiger partial charge in [-0.25, -0.2) is 15.0 Å². The molecule has 0 aromatic carbocycles. The molecular weight excluding hydrogens is 793 g/mol. The highest BCUT2D eigenvalue weighted by Crippen LogP contribution is 2.11. The summed E-state index contributed by atoms with van der Waals surface area (Å²) in [6.07, 6.45) is 13.1. The zero-order valence-corrected chi connectivity index (χ0v) is 36.4. The van der Waals surface area contributed by atoms with Crippen molar-refractivity contribution in [3.63, 3.8) is 0 Å². The van der Waals surface area contributed by atoms with Gasteiger partial charge in [0.1, 0.15) is 23.6 Å². The van der Waals surface area contributed by atoms with Crippen molar-refractivity contribution in [2.45, 2.75) is 47.5 Å². The van der Waals surface area contributed by atoms with Gasteiger partial charge in [-0.1, -0.05) is 13.8 Å². The minimum Gasteiger partial charge on any atom is -0.385 e. The van der Waals surface area contributed by atoms with E-state index in [9.17, 15) is 33.6 Å². The van der Waals surface area contributed by atoms with E-state index >= 15 is 0 Å². The van der Waals surface area contributed by atoms with Crippen LogP contribution in [0.25, 0.3) is 0 Å². The van der Waals surface area contributed by atoms with E-state index in [2.05, 4.69) is 61.6 Å². The third kappa shape index (κ3) is 21.8. The van der Waals surface area contributed by atoms with Gasteiger partial charge in [0.05, 0.1) is 11.4 Å². The van der Waals surface area contributed by atoms with Crippen molar-refractivity contribution in [2.75, 3.05) is 55.1 Å². The lowest BCUT2D eigenvalue weighted by Gasteiger charge is -2.04. The zero-order valence-electron chi connectivity index (χ0n) is 36.4. The van der Waals surface area contributed by atoms with Crippen LogP contribution in [-0.2, 0) is 45.1 Å². The van der Waals surface area contributed by atoms with Crippen LogP contribution in [0.3, 0.4) is 0 Å². The van der Waals surface area contributed by atoms with Crippen LogP contribution in [0, 0.1) is 13.8 Å². The summed E-state index contributed by atoms with van der Waals surface area (Å²) in [6, 6.07) is 3.36. The van der Waals surface area contributed by atoms with E-state index in [4.69, 9.17) is 0 Å². The molecule has 0 atom stereocenters. The standard InChI is InChI=1S/C18H22N8O3.C6H9N3O.C6H8N2O.C4H7NO2.C3H8O.C2H6/c1-11-22-14(10-26(11)3)24-15(27)4-5-20-17(28)13-8-12(9-21-13)23-18(29)16-19-6-7-25(16)2;1-7-5-3-9(2)6(4-10)8-5;1-5-2-6(3-7-5)8-4-9;6-3-1-2-5-4-7;1-3-4-2;1-2/h6-10,21H,4-5H2,1-3H3,(H,20,28)(H,23,29)(H,24,27);3-4,7H,1-2H3;2-4,7H,1H3,(H,8,9);3-4H,1-2H2,(H,5,7);3H2,1-2H3;1-2H3. The number of hydrogen-bond acceptors (Lipinski definition) is 12. The quantitative estimate of drug-likeness (QED) is 0.0526. The van der Waals surface area contributed by atoms with Gasteiger partial charge >= 0.3 is 0 Å². The van der Waals surface area contributed by atoms with Gasteiger partial charge in [-0.2, -0.15) is 0 Å². The van der Waals surface area contributed by atoms with Crippen LogP contribution in [0.4, 0.5) is 23.0 Å². The third-order valence-electron chi connectivity index (χ3n) is 7.33. The monoisotopic (exact) mass is 852 g/mol. The highest BCUT2D eigenvalue weighted by molar-refractivity contribution is 6.03. The minimum absolute atomic E-state index is 0.102. The van der Waals surface area contributed by atoms with E-state index in [1.54, 1.807) is 66.7 Å². The lowest BCUT2D eigenvalue weighted by Crippen LogP contribution is -2.28. The summed E-state index contributed by atoms with van der Waals surface area (Å²) >= 11 is 0. The molecule has 0 aliphatic carbocycles. The van der Waals surface area contributed by atoms with Gasteiger partial charge in [-0.05, 0) is 32.9 Å². The molecule has 5 rings (SSSR count). The van der Waals surface area contributed by atoms with Crippen LogP contribution >= 0.6 is 0 Å². The van der Waals surface area contributed by atoms with Crippen molar-refractivity contribution in [3.05, 3.63) is 78.2 Å². The van der Waals surface area contributed by atoms with Gasteiger partial charge in [0, 0.05) is 111 Å². The highest BCUT2D eigenvalue weighted by Gasteiger charge is 2.14. The average molecular weight is 853 g/mol. The van der Waals surface area contributed by atoms with E-state index < -0.39 is 0 Å². The Bertz CT molecular complexity index is 2010. The molecule has 5 aromatic rings. The molecule has 0 saturated carbocycles. The van der Waals surface area contributed by atoms with Crippen LogP contribution < -0.4 is 31.9 Å². The summed E-state index contributed by atoms with van der Waals surface area (Å²) in [6.45, 7) is 11.1. The molecule has 0 fully saturated rings. The molecule has 0 bridgehead atoms. The maximum absolute atomic E-state index is 12.2. The highest BCUT2D eigenvalue weighted by atomic mass is 16.5. The predicted octanol–water partition coefficient (Wildman–Crippen LogP) is 2.97. The Hall–Kier alpha value is -7.36. The normalized spacial score (nSPS) is 9.34. The number of aromatic amines is 2. The number of aldehydes is 2. The second-order valence-corrected chi connectivity index (χ2v) is 11.9. The molecule has 0 unspecified atom stereocenters. The molecule has 0 saturated heterocycles. The summed E-state index contributed by atoms with van der Waals surface area (Å²) in [4.78, 5) is 93.2. The number of aryl methyl sites for hydroxylation is 5. The lowest BCUT2D eigenvalue weighted by atomic mass is 10.3. The molecule has 22 nitrogen and oxygen atoms in total. The molecular formula is C39H60N14O8. The molecule has 5 aromatic heterocycles. The first-order valence-corrected chi connectivity index (χ1v) is 18.9. The van der Waals surface area contributed by atoms with Gasteiger partial charge < -0.3 is 65.1 Å². The second kappa shape index (κ2) is 31.6. The van der Waals surface area contributed by atoms with Crippen molar-refractivity contribution < 1.29 is 38.3 Å². The largest absolute Gasteiger partial charge is 0.385 e. The first-order valence-electron chi connectivity index (χ1n) is 18.9. The van der Waals surface area contributed by atoms with Crippen molar-refractivity contribution in [2.24, 2.45) is 21.1 Å². The number of aromatic nitrogens is 8. The first-order chi connectivity index (χ1) is 29.3. The van der Waals surface area contributed by atoms with Gasteiger partial charge in [0.15, 0.2) is 23.8 Å². The summed E-state index contributed by atoms with van der Waals surface area (Å²) in [5.41, 5.74) is 2.55. The number of methoxy groups -OCH3 is 1. The van der Waals surface area contributed by atoms with Crippen molar-refractivity contribution >= 4 is 66.1 Å². The number of nitrogens with zero attached hydrogens (tertiary/aromatic N) is 6. The number of rotatable bonds is 16. The molecule has 0 aliphatic rings. The van der Waals surface area contributed by atoms with Crippen molar-refractivity contribution in [1.82, 2.24) is 49.3 Å². The molecule has 5 amide bonds. The molecule has 0 spiro atoms. The summed E-state index contributed by atoms with van der Waals surface area (Å²) < 4.78 is 9.60. The van der Waals surface area contributed by atoms with Gasteiger partial charge in [0.2, 0.25) is 18.7 Å². The van der Waals surface area contributed by atoms with Crippen molar-refractivity contribution in [3.8, 4) is 0 Å². The Balaban J connectivity index is 0.000000911. The number of hydrogen-bond donors (Lipinski definition) is 8. The van der Waals surface area contributed by atoms with E-state index in [1.807, 2.05) is 47.7 Å². The van der Waals surface area contributed by atoms with Crippen LogP contribution in [0.2, 0.25) is 0 Å². The predicted molar refractivity (Wildman–Crippen MR) is 232 cm³/mol. The van der Waals surface area contributed by atoms with Gasteiger partial charge in [0.25, 0.3) is 11.8 Å². The molecule has 61 heavy (non-hydrogen) atoms. The minimum atomic E-state index is -0.385. The SMILES string of the molecule is CC.CCOC.CNc1cn(C)c(C=O)n1.Cc1cc(NC=O)c[nH]1.Cc1nc(NC(=O)CCNC(=O)c2cc(NC(=O)c3nccn3C)c[nH]2)cn1C.O=CCCNC=O. The number of ether oxygens (including phenoxy) is 1. The Labute approximate surface area is 355 Å². The number of carbonyl (C=O) groups excluding carboxylic acids is 7. The number of H-pyrrole nitrogens is 2. The molecule has 0 aliphatic heterocycles. The Kier molecular flexibility index (Phi) is 27.8. The van der Waals surface area contributed by atoms with Crippen LogP contribution in [0.5, 0.6) is 0 Å². The Morgan fingerprint density at radius 1 is 0.836 bits per heavy atom. The van der Waals surface area contributed by atoms with E-state index in [1.165, 1.54) is 18.5 Å². The Morgan fingerprint density at radius 2 is 1.51 bits per heavy atom. The second-order valence-electron chi connectivity index (χ2n) is 11.9. The lowest BCUT2D eigenvalue weighted by molar-refractivity contribution is -0.116. The van der Waals surface area contributed by atoms with Crippen LogP contribution in [-0.4, -0.2) is 116 Å². The topological polar surface area (TPSA) is 286 Å².